The number of Topliss-reactive ketones (excluding diaryl/α,β-unsaturated/α-hetero) is 1. The molecule has 0 atom stereocenters. The Balaban J connectivity index is 3.30. The number of carbonyl (C=O) groups excluding carboxylic acids is 1. The molecule has 0 spiro atoms. The van der Waals surface area contributed by atoms with Crippen LogP contribution in [0.3, 0.4) is 0 Å². The summed E-state index contributed by atoms with van der Waals surface area (Å²) in [6, 6.07) is 3.72. The van der Waals surface area contributed by atoms with E-state index < -0.39 is 0 Å². The molecular weight excluding hydrogens is 204 g/mol. The van der Waals surface area contributed by atoms with Gasteiger partial charge in [0.15, 0.2) is 0 Å². The molecule has 16 heavy (non-hydrogen) atoms. The zero-order valence-corrected chi connectivity index (χ0v) is 10.3. The van der Waals surface area contributed by atoms with E-state index in [2.05, 4.69) is 0 Å². The van der Waals surface area contributed by atoms with E-state index in [1.807, 2.05) is 19.1 Å². The van der Waals surface area contributed by atoms with Crippen molar-refractivity contribution < 1.29 is 14.3 Å². The maximum atomic E-state index is 11.3. The van der Waals surface area contributed by atoms with Crippen molar-refractivity contribution in [3.8, 4) is 11.5 Å². The lowest BCUT2D eigenvalue weighted by molar-refractivity contribution is -0.116. The zero-order chi connectivity index (χ0) is 12.1. The maximum Gasteiger partial charge on any atom is 0.134 e. The first-order valence-electron chi connectivity index (χ1n) is 5.36. The third-order valence-electron chi connectivity index (χ3n) is 2.56. The van der Waals surface area contributed by atoms with Gasteiger partial charge in [0.25, 0.3) is 0 Å². The van der Waals surface area contributed by atoms with Crippen molar-refractivity contribution in [1.29, 1.82) is 0 Å². The molecule has 0 fully saturated rings. The van der Waals surface area contributed by atoms with Gasteiger partial charge in [-0.3, -0.25) is 4.79 Å². The number of hydrogen-bond acceptors (Lipinski definition) is 3. The fourth-order valence-electron chi connectivity index (χ4n) is 1.86. The monoisotopic (exact) mass is 222 g/mol. The van der Waals surface area contributed by atoms with Crippen LogP contribution in [0.4, 0.5) is 0 Å². The Labute approximate surface area is 96.4 Å². The summed E-state index contributed by atoms with van der Waals surface area (Å²) >= 11 is 0. The highest BCUT2D eigenvalue weighted by Crippen LogP contribution is 2.31. The molecule has 0 saturated heterocycles. The highest BCUT2D eigenvalue weighted by molar-refractivity contribution is 5.79. The molecule has 0 aliphatic rings. The van der Waals surface area contributed by atoms with Crippen molar-refractivity contribution in [2.24, 2.45) is 0 Å². The minimum atomic E-state index is 0.126. The second-order valence-corrected chi connectivity index (χ2v) is 3.66. The minimum Gasteiger partial charge on any atom is -0.496 e. The van der Waals surface area contributed by atoms with Gasteiger partial charge in [0.1, 0.15) is 17.3 Å². The van der Waals surface area contributed by atoms with E-state index in [0.29, 0.717) is 6.42 Å². The van der Waals surface area contributed by atoms with Crippen LogP contribution in [0.1, 0.15) is 25.0 Å². The average molecular weight is 222 g/mol. The van der Waals surface area contributed by atoms with Crippen LogP contribution in [-0.4, -0.2) is 20.0 Å². The summed E-state index contributed by atoms with van der Waals surface area (Å²) in [4.78, 5) is 11.3. The van der Waals surface area contributed by atoms with Crippen LogP contribution in [-0.2, 0) is 17.6 Å². The molecule has 0 aromatic heterocycles. The molecule has 1 aromatic rings. The van der Waals surface area contributed by atoms with Crippen LogP contribution >= 0.6 is 0 Å². The zero-order valence-electron chi connectivity index (χ0n) is 10.3. The first kappa shape index (κ1) is 12.6. The Morgan fingerprint density at radius 1 is 1.12 bits per heavy atom. The van der Waals surface area contributed by atoms with Gasteiger partial charge < -0.3 is 9.47 Å². The van der Waals surface area contributed by atoms with Gasteiger partial charge in [-0.2, -0.15) is 0 Å². The maximum absolute atomic E-state index is 11.3. The molecule has 1 aromatic carbocycles. The van der Waals surface area contributed by atoms with Crippen LogP contribution in [0.5, 0.6) is 11.5 Å². The Kier molecular flexibility index (Phi) is 4.35. The van der Waals surface area contributed by atoms with Crippen molar-refractivity contribution in [3.05, 3.63) is 23.3 Å². The third kappa shape index (κ3) is 2.54. The van der Waals surface area contributed by atoms with E-state index in [1.54, 1.807) is 21.1 Å². The van der Waals surface area contributed by atoms with E-state index in [4.69, 9.17) is 9.47 Å². The van der Waals surface area contributed by atoms with Gasteiger partial charge in [0.05, 0.1) is 14.2 Å². The van der Waals surface area contributed by atoms with Crippen molar-refractivity contribution in [1.82, 2.24) is 0 Å². The quantitative estimate of drug-likeness (QED) is 0.767. The van der Waals surface area contributed by atoms with Gasteiger partial charge in [-0.15, -0.1) is 0 Å². The lowest BCUT2D eigenvalue weighted by Crippen LogP contribution is -2.05. The molecule has 0 radical (unpaired) electrons. The Hall–Kier alpha value is -1.51. The molecule has 3 nitrogen and oxygen atoms in total. The number of ether oxygens (including phenoxy) is 2. The van der Waals surface area contributed by atoms with E-state index in [1.165, 1.54) is 0 Å². The summed E-state index contributed by atoms with van der Waals surface area (Å²) in [5.41, 5.74) is 1.99. The normalized spacial score (nSPS) is 10.0. The number of carbonyl (C=O) groups is 1. The molecule has 0 unspecified atom stereocenters. The van der Waals surface area contributed by atoms with E-state index in [9.17, 15) is 4.79 Å². The second-order valence-electron chi connectivity index (χ2n) is 3.66. The molecule has 0 saturated carbocycles. The summed E-state index contributed by atoms with van der Waals surface area (Å²) in [7, 11) is 3.25. The molecule has 0 amide bonds. The summed E-state index contributed by atoms with van der Waals surface area (Å²) < 4.78 is 10.6. The molecule has 88 valence electrons. The van der Waals surface area contributed by atoms with Gasteiger partial charge in [0.2, 0.25) is 0 Å². The van der Waals surface area contributed by atoms with Gasteiger partial charge in [-0.25, -0.2) is 0 Å². The largest absolute Gasteiger partial charge is 0.496 e. The molecule has 0 N–H and O–H groups in total. The standard InChI is InChI=1S/C13H18O3/c1-5-10-11(8-9(2)14)13(16-4)7-6-12(10)15-3/h6-7H,5,8H2,1-4H3. The third-order valence-corrected chi connectivity index (χ3v) is 2.56. The smallest absolute Gasteiger partial charge is 0.134 e. The van der Waals surface area contributed by atoms with E-state index in [-0.39, 0.29) is 5.78 Å². The highest BCUT2D eigenvalue weighted by atomic mass is 16.5. The fraction of sp³-hybridized carbons (Fsp3) is 0.462. The number of rotatable bonds is 5. The molecule has 0 aliphatic heterocycles. The first-order chi connectivity index (χ1) is 7.63. The van der Waals surface area contributed by atoms with Crippen molar-refractivity contribution in [2.45, 2.75) is 26.7 Å². The van der Waals surface area contributed by atoms with Gasteiger partial charge in [-0.05, 0) is 25.5 Å². The van der Waals surface area contributed by atoms with E-state index >= 15 is 0 Å². The minimum absolute atomic E-state index is 0.126. The molecular formula is C13H18O3. The average Bonchev–Trinajstić information content (AvgIpc) is 2.27. The van der Waals surface area contributed by atoms with Gasteiger partial charge in [-0.1, -0.05) is 6.92 Å². The SMILES string of the molecule is CCc1c(OC)ccc(OC)c1CC(C)=O. The molecule has 0 bridgehead atoms. The van der Waals surface area contributed by atoms with Crippen molar-refractivity contribution in [3.63, 3.8) is 0 Å². The summed E-state index contributed by atoms with van der Waals surface area (Å²) in [6.45, 7) is 3.62. The number of benzene rings is 1. The number of methoxy groups -OCH3 is 2. The summed E-state index contributed by atoms with van der Waals surface area (Å²) in [6.07, 6.45) is 1.21. The second kappa shape index (κ2) is 5.54. The summed E-state index contributed by atoms with van der Waals surface area (Å²) in [5.74, 6) is 1.70. The highest BCUT2D eigenvalue weighted by Gasteiger charge is 2.14. The predicted molar refractivity (Wildman–Crippen MR) is 63.3 cm³/mol. The number of ketones is 1. The number of hydrogen-bond donors (Lipinski definition) is 0. The summed E-state index contributed by atoms with van der Waals surface area (Å²) in [5, 5.41) is 0. The molecule has 0 heterocycles. The van der Waals surface area contributed by atoms with Crippen LogP contribution in [0.25, 0.3) is 0 Å². The van der Waals surface area contributed by atoms with Crippen molar-refractivity contribution in [2.75, 3.05) is 14.2 Å². The molecule has 1 rings (SSSR count). The lowest BCUT2D eigenvalue weighted by Gasteiger charge is -2.15. The predicted octanol–water partition coefficient (Wildman–Crippen LogP) is 2.40. The lowest BCUT2D eigenvalue weighted by atomic mass is 9.98. The first-order valence-corrected chi connectivity index (χ1v) is 5.36. The van der Waals surface area contributed by atoms with Crippen LogP contribution in [0.15, 0.2) is 12.1 Å². The molecule has 0 aliphatic carbocycles. The topological polar surface area (TPSA) is 35.5 Å². The Morgan fingerprint density at radius 3 is 2.00 bits per heavy atom. The van der Waals surface area contributed by atoms with Gasteiger partial charge in [0, 0.05) is 17.5 Å². The Morgan fingerprint density at radius 2 is 1.62 bits per heavy atom. The van der Waals surface area contributed by atoms with Crippen LogP contribution in [0.2, 0.25) is 0 Å². The van der Waals surface area contributed by atoms with E-state index in [0.717, 1.165) is 29.0 Å². The Bertz CT molecular complexity index is 383. The van der Waals surface area contributed by atoms with Crippen LogP contribution < -0.4 is 9.47 Å². The fourth-order valence-corrected chi connectivity index (χ4v) is 1.86. The van der Waals surface area contributed by atoms with Crippen LogP contribution in [0, 0.1) is 0 Å². The van der Waals surface area contributed by atoms with Gasteiger partial charge >= 0.3 is 0 Å². The molecule has 3 heteroatoms. The van der Waals surface area contributed by atoms with Crippen molar-refractivity contribution >= 4 is 5.78 Å².